The van der Waals surface area contributed by atoms with Gasteiger partial charge in [0, 0.05) is 28.4 Å². The number of Topliss-reactive ketones (excluding diaryl/α,β-unsaturated/α-hetero) is 1. The second kappa shape index (κ2) is 7.72. The summed E-state index contributed by atoms with van der Waals surface area (Å²) >= 11 is 2.93. The largest absolute Gasteiger partial charge is 0.345 e. The lowest BCUT2D eigenvalue weighted by molar-refractivity contribution is 0.102. The molecule has 4 rings (SSSR count). The molecule has 5 nitrogen and oxygen atoms in total. The van der Waals surface area contributed by atoms with E-state index in [0.717, 1.165) is 46.4 Å². The smallest absolute Gasteiger partial charge is 0.260 e. The molecule has 7 heteroatoms. The number of allylic oxidation sites excluding steroid dienone is 1. The number of thioether (sulfide) groups is 1. The van der Waals surface area contributed by atoms with Crippen LogP contribution >= 0.6 is 23.1 Å². The molecule has 1 N–H and O–H groups in total. The second-order valence-corrected chi connectivity index (χ2v) is 9.21. The van der Waals surface area contributed by atoms with Gasteiger partial charge in [-0.15, -0.1) is 17.9 Å². The summed E-state index contributed by atoms with van der Waals surface area (Å²) < 4.78 is 2.08. The molecule has 0 fully saturated rings. The summed E-state index contributed by atoms with van der Waals surface area (Å²) in [5, 5.41) is 1.27. The highest BCUT2D eigenvalue weighted by atomic mass is 32.2. The van der Waals surface area contributed by atoms with Crippen LogP contribution in [-0.2, 0) is 19.4 Å². The Bertz CT molecular complexity index is 1140. The molecule has 1 aliphatic carbocycles. The van der Waals surface area contributed by atoms with E-state index >= 15 is 0 Å². The third kappa shape index (κ3) is 3.37. The molecule has 0 bridgehead atoms. The van der Waals surface area contributed by atoms with Gasteiger partial charge in [-0.05, 0) is 51.2 Å². The van der Waals surface area contributed by atoms with Gasteiger partial charge in [-0.2, -0.15) is 0 Å². The van der Waals surface area contributed by atoms with Crippen molar-refractivity contribution < 1.29 is 4.79 Å². The van der Waals surface area contributed by atoms with Crippen molar-refractivity contribution in [2.24, 2.45) is 0 Å². The maximum absolute atomic E-state index is 12.7. The Balaban J connectivity index is 1.56. The van der Waals surface area contributed by atoms with Crippen LogP contribution in [0.15, 0.2) is 28.7 Å². The van der Waals surface area contributed by atoms with Gasteiger partial charge < -0.3 is 9.55 Å². The standard InChI is InChI=1S/C21H23N3O2S2/c1-4-9-24-12(2)10-15(13(24)3)16(25)11-27-21-22-19(26)18-14-7-5-6-8-17(14)28-20(18)23-21/h4,10H,1,5-9,11H2,2-3H3,(H,22,23,26). The van der Waals surface area contributed by atoms with Crippen LogP contribution in [-0.4, -0.2) is 26.1 Å². The van der Waals surface area contributed by atoms with Gasteiger partial charge in [0.2, 0.25) is 0 Å². The van der Waals surface area contributed by atoms with E-state index in [-0.39, 0.29) is 17.1 Å². The first kappa shape index (κ1) is 19.2. The summed E-state index contributed by atoms with van der Waals surface area (Å²) in [6, 6.07) is 1.93. The summed E-state index contributed by atoms with van der Waals surface area (Å²) in [6.45, 7) is 8.41. The molecule has 3 aromatic heterocycles. The normalized spacial score (nSPS) is 13.6. The first-order chi connectivity index (χ1) is 13.5. The molecule has 1 aliphatic rings. The minimum Gasteiger partial charge on any atom is -0.345 e. The number of hydrogen-bond acceptors (Lipinski definition) is 5. The first-order valence-corrected chi connectivity index (χ1v) is 11.3. The zero-order valence-electron chi connectivity index (χ0n) is 16.1. The van der Waals surface area contributed by atoms with Crippen molar-refractivity contribution in [1.29, 1.82) is 0 Å². The van der Waals surface area contributed by atoms with Crippen LogP contribution in [0.4, 0.5) is 0 Å². The molecule has 0 aliphatic heterocycles. The maximum atomic E-state index is 12.7. The van der Waals surface area contributed by atoms with Crippen molar-refractivity contribution in [2.45, 2.75) is 51.2 Å². The van der Waals surface area contributed by atoms with E-state index in [2.05, 4.69) is 21.1 Å². The minimum absolute atomic E-state index is 0.0432. The molecule has 0 saturated carbocycles. The van der Waals surface area contributed by atoms with Crippen molar-refractivity contribution in [3.63, 3.8) is 0 Å². The zero-order chi connectivity index (χ0) is 19.8. The Kier molecular flexibility index (Phi) is 5.29. The van der Waals surface area contributed by atoms with E-state index in [1.807, 2.05) is 26.0 Å². The Hall–Kier alpha value is -2.12. The molecule has 0 aromatic carbocycles. The molecule has 0 unspecified atom stereocenters. The number of aromatic amines is 1. The number of aromatic nitrogens is 3. The van der Waals surface area contributed by atoms with E-state index < -0.39 is 0 Å². The van der Waals surface area contributed by atoms with Gasteiger partial charge in [0.1, 0.15) is 4.83 Å². The van der Waals surface area contributed by atoms with Crippen molar-refractivity contribution in [2.75, 3.05) is 5.75 Å². The second-order valence-electron chi connectivity index (χ2n) is 7.16. The average molecular weight is 414 g/mol. The van der Waals surface area contributed by atoms with Crippen LogP contribution in [0.1, 0.15) is 45.0 Å². The number of nitrogens with one attached hydrogen (secondary N) is 1. The molecule has 3 aromatic rings. The van der Waals surface area contributed by atoms with Gasteiger partial charge in [0.05, 0.1) is 11.1 Å². The number of thiophene rings is 1. The lowest BCUT2D eigenvalue weighted by Crippen LogP contribution is -2.12. The number of H-pyrrole nitrogens is 1. The first-order valence-electron chi connectivity index (χ1n) is 9.47. The molecule has 0 saturated heterocycles. The van der Waals surface area contributed by atoms with Gasteiger partial charge >= 0.3 is 0 Å². The molecule has 0 spiro atoms. The van der Waals surface area contributed by atoms with E-state index in [9.17, 15) is 9.59 Å². The molecular formula is C21H23N3O2S2. The number of aryl methyl sites for hydroxylation is 3. The van der Waals surface area contributed by atoms with Gasteiger partial charge in [-0.1, -0.05) is 17.8 Å². The fraction of sp³-hybridized carbons (Fsp3) is 0.381. The molecule has 0 amide bonds. The highest BCUT2D eigenvalue weighted by Gasteiger charge is 2.21. The summed E-state index contributed by atoms with van der Waals surface area (Å²) in [4.78, 5) is 35.0. The predicted octanol–water partition coefficient (Wildman–Crippen LogP) is 4.44. The number of carbonyl (C=O) groups excluding carboxylic acids is 1. The average Bonchev–Trinajstić information content (AvgIpc) is 3.19. The number of carbonyl (C=O) groups is 1. The molecule has 3 heterocycles. The van der Waals surface area contributed by atoms with Crippen LogP contribution in [0.5, 0.6) is 0 Å². The van der Waals surface area contributed by atoms with Gasteiger partial charge in [-0.25, -0.2) is 4.98 Å². The summed E-state index contributed by atoms with van der Waals surface area (Å²) in [5.74, 6) is 0.291. The third-order valence-corrected chi connectivity index (χ3v) is 7.39. The number of ketones is 1. The van der Waals surface area contributed by atoms with Gasteiger partial charge in [-0.3, -0.25) is 9.59 Å². The van der Waals surface area contributed by atoms with E-state index in [4.69, 9.17) is 0 Å². The lowest BCUT2D eigenvalue weighted by Gasteiger charge is -2.09. The summed E-state index contributed by atoms with van der Waals surface area (Å²) in [7, 11) is 0. The highest BCUT2D eigenvalue weighted by Crippen LogP contribution is 2.34. The lowest BCUT2D eigenvalue weighted by atomic mass is 9.97. The van der Waals surface area contributed by atoms with E-state index in [1.165, 1.54) is 28.6 Å². The molecular weight excluding hydrogens is 390 g/mol. The summed E-state index contributed by atoms with van der Waals surface area (Å²) in [5.41, 5.74) is 3.82. The number of hydrogen-bond donors (Lipinski definition) is 1. The van der Waals surface area contributed by atoms with Crippen molar-refractivity contribution in [1.82, 2.24) is 14.5 Å². The van der Waals surface area contributed by atoms with Crippen LogP contribution in [0, 0.1) is 13.8 Å². The number of fused-ring (bicyclic) bond motifs is 3. The monoisotopic (exact) mass is 413 g/mol. The van der Waals surface area contributed by atoms with Crippen LogP contribution in [0.3, 0.4) is 0 Å². The topological polar surface area (TPSA) is 67.8 Å². The van der Waals surface area contributed by atoms with E-state index in [0.29, 0.717) is 11.7 Å². The predicted molar refractivity (Wildman–Crippen MR) is 116 cm³/mol. The molecule has 28 heavy (non-hydrogen) atoms. The minimum atomic E-state index is -0.0801. The van der Waals surface area contributed by atoms with Gasteiger partial charge in [0.15, 0.2) is 10.9 Å². The highest BCUT2D eigenvalue weighted by molar-refractivity contribution is 7.99. The van der Waals surface area contributed by atoms with Crippen molar-refractivity contribution in [3.8, 4) is 0 Å². The van der Waals surface area contributed by atoms with Crippen LogP contribution < -0.4 is 5.56 Å². The maximum Gasteiger partial charge on any atom is 0.260 e. The molecule has 0 radical (unpaired) electrons. The quantitative estimate of drug-likeness (QED) is 0.281. The van der Waals surface area contributed by atoms with E-state index in [1.54, 1.807) is 11.3 Å². The Morgan fingerprint density at radius 1 is 1.39 bits per heavy atom. The summed E-state index contributed by atoms with van der Waals surface area (Å²) in [6.07, 6.45) is 6.14. The SMILES string of the molecule is C=CCn1c(C)cc(C(=O)CSc2nc3sc4c(c3c(=O)[nH]2)CCCC4)c1C. The third-order valence-electron chi connectivity index (χ3n) is 5.33. The Labute approximate surface area is 171 Å². The Morgan fingerprint density at radius 3 is 2.96 bits per heavy atom. The van der Waals surface area contributed by atoms with Crippen molar-refractivity contribution in [3.05, 3.63) is 56.5 Å². The fourth-order valence-corrected chi connectivity index (χ4v) is 5.98. The van der Waals surface area contributed by atoms with Crippen molar-refractivity contribution >= 4 is 39.1 Å². The number of rotatable bonds is 6. The molecule has 0 atom stereocenters. The van der Waals surface area contributed by atoms with Crippen LogP contribution in [0.2, 0.25) is 0 Å². The Morgan fingerprint density at radius 2 is 2.18 bits per heavy atom. The number of nitrogens with zero attached hydrogens (tertiary/aromatic N) is 2. The fourth-order valence-electron chi connectivity index (χ4n) is 3.92. The van der Waals surface area contributed by atoms with Crippen LogP contribution in [0.25, 0.3) is 10.2 Å². The zero-order valence-corrected chi connectivity index (χ0v) is 17.8. The molecule has 146 valence electrons. The van der Waals surface area contributed by atoms with Gasteiger partial charge in [0.25, 0.3) is 5.56 Å².